The fourth-order valence-electron chi connectivity index (χ4n) is 2.79. The lowest BCUT2D eigenvalue weighted by molar-refractivity contribution is -0.0498. The monoisotopic (exact) mass is 395 g/mol. The molecule has 1 saturated heterocycles. The molecule has 2 amide bonds. The minimum absolute atomic E-state index is 0.00392. The Hall–Kier alpha value is -2.78. The molecule has 3 N–H and O–H groups in total. The molecule has 1 aliphatic heterocycles. The third kappa shape index (κ3) is 5.61. The molecule has 150 valence electrons. The maximum atomic E-state index is 14.3. The van der Waals surface area contributed by atoms with Gasteiger partial charge in [-0.25, -0.2) is 9.18 Å². The summed E-state index contributed by atoms with van der Waals surface area (Å²) in [4.78, 5) is 12.0. The van der Waals surface area contributed by atoms with Crippen LogP contribution in [0.4, 0.5) is 23.7 Å². The molecule has 0 aromatic heterocycles. The van der Waals surface area contributed by atoms with Crippen molar-refractivity contribution in [2.75, 3.05) is 25.0 Å². The molecular formula is C19H20F3N3O3. The molecular weight excluding hydrogens is 375 g/mol. The van der Waals surface area contributed by atoms with Gasteiger partial charge < -0.3 is 25.4 Å². The second kappa shape index (κ2) is 9.43. The van der Waals surface area contributed by atoms with Crippen LogP contribution in [-0.4, -0.2) is 32.3 Å². The van der Waals surface area contributed by atoms with E-state index in [2.05, 4.69) is 20.7 Å². The van der Waals surface area contributed by atoms with Crippen molar-refractivity contribution in [2.45, 2.75) is 19.3 Å². The van der Waals surface area contributed by atoms with Crippen molar-refractivity contribution < 1.29 is 27.4 Å². The third-order valence-electron chi connectivity index (χ3n) is 4.12. The number of urea groups is 1. The average molecular weight is 395 g/mol. The second-order valence-corrected chi connectivity index (χ2v) is 6.14. The Balaban J connectivity index is 1.54. The molecule has 0 saturated carbocycles. The number of nitrogens with one attached hydrogen (secondary N) is 3. The van der Waals surface area contributed by atoms with Crippen LogP contribution in [0.3, 0.4) is 0 Å². The number of benzene rings is 2. The van der Waals surface area contributed by atoms with Crippen LogP contribution in [0.2, 0.25) is 0 Å². The first-order chi connectivity index (χ1) is 13.5. The Kier molecular flexibility index (Phi) is 6.72. The molecule has 1 fully saturated rings. The van der Waals surface area contributed by atoms with Gasteiger partial charge in [-0.1, -0.05) is 18.2 Å². The van der Waals surface area contributed by atoms with Gasteiger partial charge in [-0.3, -0.25) is 0 Å². The van der Waals surface area contributed by atoms with Gasteiger partial charge in [-0.15, -0.1) is 0 Å². The molecule has 6 nitrogen and oxygen atoms in total. The van der Waals surface area contributed by atoms with Crippen molar-refractivity contribution in [1.82, 2.24) is 10.6 Å². The summed E-state index contributed by atoms with van der Waals surface area (Å²) in [5.41, 5.74) is 1.28. The molecule has 1 aliphatic rings. The fourth-order valence-corrected chi connectivity index (χ4v) is 2.79. The number of hydrogen-bond acceptors (Lipinski definition) is 4. The van der Waals surface area contributed by atoms with E-state index >= 15 is 0 Å². The van der Waals surface area contributed by atoms with E-state index in [1.165, 1.54) is 30.3 Å². The maximum Gasteiger partial charge on any atom is 0.387 e. The highest BCUT2D eigenvalue weighted by molar-refractivity contribution is 5.89. The highest BCUT2D eigenvalue weighted by Crippen LogP contribution is 2.23. The summed E-state index contributed by atoms with van der Waals surface area (Å²) in [5, 5.41) is 8.13. The maximum absolute atomic E-state index is 14.3. The standard InChI is InChI=1S/C19H20F3N3O3/c20-15-9-13(17-11-23-6-7-27-17)4-5-16(15)25-19(26)24-10-12-2-1-3-14(8-12)28-18(21)22/h1-5,8-9,17-18,23H,6-7,10-11H2,(H2,24,25,26). The third-order valence-corrected chi connectivity index (χ3v) is 4.12. The van der Waals surface area contributed by atoms with Crippen molar-refractivity contribution in [1.29, 1.82) is 0 Å². The lowest BCUT2D eigenvalue weighted by atomic mass is 10.1. The van der Waals surface area contributed by atoms with Gasteiger partial charge in [0.25, 0.3) is 0 Å². The van der Waals surface area contributed by atoms with Gasteiger partial charge in [0.05, 0.1) is 18.4 Å². The lowest BCUT2D eigenvalue weighted by Crippen LogP contribution is -2.33. The first-order valence-electron chi connectivity index (χ1n) is 8.71. The number of hydrogen-bond donors (Lipinski definition) is 3. The summed E-state index contributed by atoms with van der Waals surface area (Å²) in [5.74, 6) is -0.579. The molecule has 0 radical (unpaired) electrons. The van der Waals surface area contributed by atoms with Crippen LogP contribution in [0, 0.1) is 5.82 Å². The summed E-state index contributed by atoms with van der Waals surface area (Å²) in [6.45, 7) is -0.949. The normalized spacial score (nSPS) is 16.6. The molecule has 2 aromatic rings. The predicted molar refractivity (Wildman–Crippen MR) is 96.9 cm³/mol. The van der Waals surface area contributed by atoms with E-state index < -0.39 is 18.5 Å². The van der Waals surface area contributed by atoms with Crippen molar-refractivity contribution >= 4 is 11.7 Å². The zero-order valence-electron chi connectivity index (χ0n) is 14.9. The molecule has 1 atom stereocenters. The van der Waals surface area contributed by atoms with E-state index in [0.29, 0.717) is 24.3 Å². The number of ether oxygens (including phenoxy) is 2. The predicted octanol–water partition coefficient (Wildman–Crippen LogP) is 3.41. The largest absolute Gasteiger partial charge is 0.435 e. The number of morpholine rings is 1. The summed E-state index contributed by atoms with van der Waals surface area (Å²) in [7, 11) is 0. The highest BCUT2D eigenvalue weighted by Gasteiger charge is 2.17. The molecule has 0 bridgehead atoms. The highest BCUT2D eigenvalue weighted by atomic mass is 19.3. The first-order valence-corrected chi connectivity index (χ1v) is 8.71. The minimum atomic E-state index is -2.92. The van der Waals surface area contributed by atoms with E-state index in [1.807, 2.05) is 0 Å². The van der Waals surface area contributed by atoms with Gasteiger partial charge in [-0.05, 0) is 35.4 Å². The molecule has 3 rings (SSSR count). The van der Waals surface area contributed by atoms with Gasteiger partial charge in [0, 0.05) is 19.6 Å². The van der Waals surface area contributed by atoms with Gasteiger partial charge in [-0.2, -0.15) is 8.78 Å². The van der Waals surface area contributed by atoms with E-state index in [9.17, 15) is 18.0 Å². The quantitative estimate of drug-likeness (QED) is 0.701. The van der Waals surface area contributed by atoms with Crippen LogP contribution >= 0.6 is 0 Å². The summed E-state index contributed by atoms with van der Waals surface area (Å²) >= 11 is 0. The Labute approximate surface area is 160 Å². The van der Waals surface area contributed by atoms with Gasteiger partial charge >= 0.3 is 12.6 Å². The van der Waals surface area contributed by atoms with Gasteiger partial charge in [0.1, 0.15) is 11.6 Å². The number of halogens is 3. The van der Waals surface area contributed by atoms with Crippen LogP contribution < -0.4 is 20.7 Å². The topological polar surface area (TPSA) is 71.6 Å². The number of amides is 2. The van der Waals surface area contributed by atoms with Crippen molar-refractivity contribution in [3.8, 4) is 5.75 Å². The van der Waals surface area contributed by atoms with E-state index in [0.717, 1.165) is 6.54 Å². The molecule has 9 heteroatoms. The molecule has 2 aromatic carbocycles. The van der Waals surface area contributed by atoms with E-state index in [4.69, 9.17) is 4.74 Å². The lowest BCUT2D eigenvalue weighted by Gasteiger charge is -2.24. The zero-order valence-corrected chi connectivity index (χ0v) is 14.9. The summed E-state index contributed by atoms with van der Waals surface area (Å²) in [6, 6.07) is 9.83. The van der Waals surface area contributed by atoms with Crippen molar-refractivity contribution in [3.63, 3.8) is 0 Å². The summed E-state index contributed by atoms with van der Waals surface area (Å²) in [6.07, 6.45) is -0.228. The fraction of sp³-hybridized carbons (Fsp3) is 0.316. The average Bonchev–Trinajstić information content (AvgIpc) is 2.68. The van der Waals surface area contributed by atoms with E-state index in [-0.39, 0.29) is 24.1 Å². The Morgan fingerprint density at radius 3 is 2.86 bits per heavy atom. The van der Waals surface area contributed by atoms with Crippen LogP contribution in [0.5, 0.6) is 5.75 Å². The van der Waals surface area contributed by atoms with Gasteiger partial charge in [0.15, 0.2) is 0 Å². The van der Waals surface area contributed by atoms with Gasteiger partial charge in [0.2, 0.25) is 0 Å². The number of carbonyl (C=O) groups excluding carboxylic acids is 1. The zero-order chi connectivity index (χ0) is 19.9. The second-order valence-electron chi connectivity index (χ2n) is 6.14. The number of anilines is 1. The van der Waals surface area contributed by atoms with Crippen molar-refractivity contribution in [3.05, 3.63) is 59.4 Å². The molecule has 0 aliphatic carbocycles. The molecule has 0 spiro atoms. The van der Waals surface area contributed by atoms with Crippen LogP contribution in [0.25, 0.3) is 0 Å². The number of alkyl halides is 2. The number of carbonyl (C=O) groups is 1. The Morgan fingerprint density at radius 1 is 1.29 bits per heavy atom. The van der Waals surface area contributed by atoms with E-state index in [1.54, 1.807) is 12.1 Å². The minimum Gasteiger partial charge on any atom is -0.435 e. The van der Waals surface area contributed by atoms with Crippen LogP contribution in [-0.2, 0) is 11.3 Å². The molecule has 28 heavy (non-hydrogen) atoms. The Bertz CT molecular complexity index is 814. The summed E-state index contributed by atoms with van der Waals surface area (Å²) < 4.78 is 48.7. The van der Waals surface area contributed by atoms with Crippen molar-refractivity contribution in [2.24, 2.45) is 0 Å². The Morgan fingerprint density at radius 2 is 2.14 bits per heavy atom. The smallest absolute Gasteiger partial charge is 0.387 e. The SMILES string of the molecule is O=C(NCc1cccc(OC(F)F)c1)Nc1ccc(C2CNCCO2)cc1F. The first kappa shape index (κ1) is 20.0. The van der Waals surface area contributed by atoms with Crippen LogP contribution in [0.15, 0.2) is 42.5 Å². The molecule has 1 heterocycles. The van der Waals surface area contributed by atoms with Crippen LogP contribution in [0.1, 0.15) is 17.2 Å². The molecule has 1 unspecified atom stereocenters. The number of rotatable bonds is 6.